The number of aromatic nitrogens is 1. The Morgan fingerprint density at radius 1 is 0.380 bits per heavy atom. The van der Waals surface area contributed by atoms with Crippen LogP contribution in [0, 0.1) is 0 Å². The summed E-state index contributed by atoms with van der Waals surface area (Å²) in [4.78, 5) is 1.85. The molecule has 0 fully saturated rings. The van der Waals surface area contributed by atoms with Gasteiger partial charge in [0.1, 0.15) is 0 Å². The van der Waals surface area contributed by atoms with Crippen molar-refractivity contribution in [1.82, 2.24) is 4.57 Å². The van der Waals surface area contributed by atoms with Crippen molar-refractivity contribution in [3.8, 4) is 39.1 Å². The Balaban J connectivity index is 1.20. The van der Waals surface area contributed by atoms with Crippen LogP contribution in [0.5, 0.6) is 0 Å². The summed E-state index contributed by atoms with van der Waals surface area (Å²) < 4.78 is 40.1. The average molecular weight is 643 g/mol. The number of fused-ring (bicyclic) bond motifs is 3. The molecule has 0 radical (unpaired) electrons. The molecule has 0 amide bonds. The van der Waals surface area contributed by atoms with Gasteiger partial charge in [-0.3, -0.25) is 0 Å². The van der Waals surface area contributed by atoms with Crippen LogP contribution < -0.4 is 4.90 Å². The van der Waals surface area contributed by atoms with E-state index < -0.39 is 0 Å². The van der Waals surface area contributed by atoms with Crippen LogP contribution in [0.2, 0.25) is 0 Å². The van der Waals surface area contributed by atoms with Crippen molar-refractivity contribution < 1.29 is 5.48 Å². The molecule has 0 saturated carbocycles. The molecule has 0 aliphatic carbocycles. The summed E-state index contributed by atoms with van der Waals surface area (Å²) in [5, 5.41) is 2.01. The molecule has 0 bridgehead atoms. The molecule has 0 aliphatic rings. The quantitative estimate of drug-likeness (QED) is 0.168. The second kappa shape index (κ2) is 12.8. The van der Waals surface area contributed by atoms with E-state index in [0.717, 1.165) is 61.1 Å². The van der Waals surface area contributed by atoms with Gasteiger partial charge >= 0.3 is 0 Å². The largest absolute Gasteiger partial charge is 0.310 e. The molecule has 50 heavy (non-hydrogen) atoms. The van der Waals surface area contributed by atoms with E-state index in [1.54, 1.807) is 0 Å². The van der Waals surface area contributed by atoms with Crippen molar-refractivity contribution in [2.75, 3.05) is 4.90 Å². The van der Waals surface area contributed by atoms with Crippen LogP contribution >= 0.6 is 0 Å². The van der Waals surface area contributed by atoms with Gasteiger partial charge in [0.25, 0.3) is 0 Å². The van der Waals surface area contributed by atoms with E-state index in [-0.39, 0.29) is 35.4 Å². The fourth-order valence-corrected chi connectivity index (χ4v) is 6.90. The molecular weight excluding hydrogens is 605 g/mol. The van der Waals surface area contributed by atoms with E-state index in [1.807, 2.05) is 138 Å². The van der Waals surface area contributed by atoms with Gasteiger partial charge in [-0.1, -0.05) is 146 Å². The van der Waals surface area contributed by atoms with Gasteiger partial charge in [-0.25, -0.2) is 0 Å². The van der Waals surface area contributed by atoms with Crippen LogP contribution in [0.3, 0.4) is 0 Å². The van der Waals surface area contributed by atoms with E-state index in [9.17, 15) is 5.48 Å². The number of hydrogen-bond donors (Lipinski definition) is 0. The predicted molar refractivity (Wildman–Crippen MR) is 212 cm³/mol. The summed E-state index contributed by atoms with van der Waals surface area (Å²) in [6.45, 7) is 0. The molecule has 8 aromatic carbocycles. The highest BCUT2D eigenvalue weighted by Crippen LogP contribution is 2.42. The minimum Gasteiger partial charge on any atom is -0.310 e. The maximum Gasteiger partial charge on any atom is 0.0645 e. The van der Waals surface area contributed by atoms with E-state index in [1.165, 1.54) is 0 Å². The number of hydrogen-bond acceptors (Lipinski definition) is 1. The smallest absolute Gasteiger partial charge is 0.0645 e. The zero-order valence-electron chi connectivity index (χ0n) is 31.2. The minimum absolute atomic E-state index is 0.0938. The Labute approximate surface area is 298 Å². The topological polar surface area (TPSA) is 8.17 Å². The minimum atomic E-state index is -0.112. The highest BCUT2D eigenvalue weighted by atomic mass is 15.1. The molecule has 2 nitrogen and oxygen atoms in total. The highest BCUT2D eigenvalue weighted by molar-refractivity contribution is 6.10. The third-order valence-corrected chi connectivity index (χ3v) is 9.27. The van der Waals surface area contributed by atoms with Gasteiger partial charge < -0.3 is 9.47 Å². The summed E-state index contributed by atoms with van der Waals surface area (Å²) in [6.07, 6.45) is 0. The molecule has 0 N–H and O–H groups in total. The normalized spacial score (nSPS) is 12.3. The second-order valence-corrected chi connectivity index (χ2v) is 12.3. The molecule has 0 aliphatic heterocycles. The third-order valence-electron chi connectivity index (χ3n) is 9.27. The van der Waals surface area contributed by atoms with Crippen LogP contribution in [-0.4, -0.2) is 4.57 Å². The summed E-state index contributed by atoms with van der Waals surface area (Å²) in [6, 6.07) is 60.2. The number of rotatable bonds is 7. The maximum atomic E-state index is 9.48. The number of nitrogens with zero attached hydrogens (tertiary/aromatic N) is 2. The summed E-state index contributed by atoms with van der Waals surface area (Å²) in [7, 11) is 0. The second-order valence-electron chi connectivity index (χ2n) is 12.3. The molecule has 0 unspecified atom stereocenters. The van der Waals surface area contributed by atoms with Gasteiger partial charge in [-0.05, 0) is 88.4 Å². The molecule has 1 heterocycles. The van der Waals surface area contributed by atoms with E-state index in [2.05, 4.69) is 53.1 Å². The van der Waals surface area contributed by atoms with E-state index >= 15 is 0 Å². The fourth-order valence-electron chi connectivity index (χ4n) is 6.90. The molecule has 9 rings (SSSR count). The van der Waals surface area contributed by atoms with Crippen molar-refractivity contribution in [3.05, 3.63) is 206 Å². The van der Waals surface area contributed by atoms with Crippen LogP contribution in [0.15, 0.2) is 206 Å². The van der Waals surface area contributed by atoms with Crippen LogP contribution in [0.4, 0.5) is 17.1 Å². The first-order chi connectivity index (χ1) is 26.5. The molecule has 0 saturated heterocycles. The lowest BCUT2D eigenvalue weighted by Crippen LogP contribution is -2.11. The number of benzene rings is 8. The Morgan fingerprint density at radius 3 is 1.68 bits per heavy atom. The van der Waals surface area contributed by atoms with Crippen molar-refractivity contribution in [2.24, 2.45) is 0 Å². The first kappa shape index (κ1) is 25.4. The first-order valence-corrected chi connectivity index (χ1v) is 16.8. The number of anilines is 3. The molecule has 0 spiro atoms. The highest BCUT2D eigenvalue weighted by Gasteiger charge is 2.18. The van der Waals surface area contributed by atoms with Crippen LogP contribution in [-0.2, 0) is 0 Å². The Hall–Kier alpha value is -6.64. The zero-order chi connectivity index (χ0) is 36.8. The molecule has 9 aromatic rings. The lowest BCUT2D eigenvalue weighted by molar-refractivity contribution is 1.18. The summed E-state index contributed by atoms with van der Waals surface area (Å²) in [5.41, 5.74) is 9.86. The lowest BCUT2D eigenvalue weighted by atomic mass is 10.0. The van der Waals surface area contributed by atoms with Crippen LogP contribution in [0.25, 0.3) is 60.9 Å². The molecule has 0 atom stereocenters. The maximum absolute atomic E-state index is 9.48. The van der Waals surface area contributed by atoms with Crippen molar-refractivity contribution in [3.63, 3.8) is 0 Å². The SMILES string of the molecule is [2H]c1c([2H])c(N(c2ccccc2)c2ccccc2-c2ccccc2)c([2H])c([2H])c1-c1ccc2c(c1)c1ccccc1n2-c1ccc(-c2ccccc2)cc1. The van der Waals surface area contributed by atoms with Gasteiger partial charge in [0.15, 0.2) is 0 Å². The van der Waals surface area contributed by atoms with E-state index in [4.69, 9.17) is 0 Å². The molecular formula is C48H34N2. The van der Waals surface area contributed by atoms with Gasteiger partial charge in [0.05, 0.1) is 22.2 Å². The van der Waals surface area contributed by atoms with Crippen molar-refractivity contribution in [2.45, 2.75) is 0 Å². The van der Waals surface area contributed by atoms with Gasteiger partial charge in [0.2, 0.25) is 0 Å². The van der Waals surface area contributed by atoms with Gasteiger partial charge in [-0.15, -0.1) is 0 Å². The lowest BCUT2D eigenvalue weighted by Gasteiger charge is -2.28. The van der Waals surface area contributed by atoms with Gasteiger partial charge in [-0.2, -0.15) is 0 Å². The predicted octanol–water partition coefficient (Wildman–Crippen LogP) is 13.3. The molecule has 236 valence electrons. The van der Waals surface area contributed by atoms with Crippen molar-refractivity contribution >= 4 is 38.9 Å². The molecule has 1 aromatic heterocycles. The Morgan fingerprint density at radius 2 is 0.940 bits per heavy atom. The summed E-state index contributed by atoms with van der Waals surface area (Å²) in [5.74, 6) is 0. The standard InChI is InChI=1S/C48H34N2/c1-4-14-35(15-5-1)36-24-31-42(32-25-36)50-47-23-13-11-21-44(47)45-34-39(28-33-48(45)50)37-26-29-41(30-27-37)49(40-18-8-3-9-19-40)46-22-12-10-20-43(46)38-16-6-2-7-17-38/h1-34H/i26D,27D,29D,30D. The zero-order valence-corrected chi connectivity index (χ0v) is 27.2. The van der Waals surface area contributed by atoms with Crippen LogP contribution in [0.1, 0.15) is 5.48 Å². The number of para-hydroxylation sites is 3. The molecule has 2 heteroatoms. The van der Waals surface area contributed by atoms with Crippen molar-refractivity contribution in [1.29, 1.82) is 0 Å². The Kier molecular flexibility index (Phi) is 6.48. The van der Waals surface area contributed by atoms with Gasteiger partial charge in [0, 0.05) is 33.4 Å². The fraction of sp³-hybridized carbons (Fsp3) is 0. The first-order valence-electron chi connectivity index (χ1n) is 18.8. The Bertz CT molecular complexity index is 2770. The average Bonchev–Trinajstić information content (AvgIpc) is 3.56. The van der Waals surface area contributed by atoms with E-state index in [0.29, 0.717) is 5.56 Å². The monoisotopic (exact) mass is 642 g/mol. The third kappa shape index (κ3) is 5.34. The summed E-state index contributed by atoms with van der Waals surface area (Å²) >= 11 is 0.